The number of hydrogen-bond donors (Lipinski definition) is 2. The number of aryl methyl sites for hydroxylation is 1. The van der Waals surface area contributed by atoms with E-state index in [9.17, 15) is 0 Å². The second-order valence-corrected chi connectivity index (χ2v) is 7.86. The molecule has 8 heteroatoms. The third-order valence-electron chi connectivity index (χ3n) is 4.60. The van der Waals surface area contributed by atoms with E-state index in [1.165, 1.54) is 9.88 Å². The van der Waals surface area contributed by atoms with Crippen molar-refractivity contribution >= 4 is 41.3 Å². The van der Waals surface area contributed by atoms with E-state index < -0.39 is 0 Å². The van der Waals surface area contributed by atoms with Gasteiger partial charge in [-0.15, -0.1) is 35.3 Å². The molecule has 0 radical (unpaired) electrons. The second-order valence-electron chi connectivity index (χ2n) is 6.66. The van der Waals surface area contributed by atoms with Crippen LogP contribution >= 0.6 is 35.3 Å². The molecule has 1 aliphatic rings. The van der Waals surface area contributed by atoms with Crippen molar-refractivity contribution < 1.29 is 0 Å². The lowest BCUT2D eigenvalue weighted by molar-refractivity contribution is 0.122. The summed E-state index contributed by atoms with van der Waals surface area (Å²) in [5, 5.41) is 7.99. The quantitative estimate of drug-likeness (QED) is 0.329. The van der Waals surface area contributed by atoms with E-state index in [1.807, 2.05) is 17.5 Å². The Balaban J connectivity index is 0.00000338. The van der Waals surface area contributed by atoms with Gasteiger partial charge in [0.05, 0.1) is 11.6 Å². The van der Waals surface area contributed by atoms with E-state index in [4.69, 9.17) is 4.99 Å². The van der Waals surface area contributed by atoms with Crippen molar-refractivity contribution in [3.8, 4) is 0 Å². The average molecular weight is 494 g/mol. The van der Waals surface area contributed by atoms with Gasteiger partial charge in [0.1, 0.15) is 0 Å². The van der Waals surface area contributed by atoms with Gasteiger partial charge in [0.2, 0.25) is 0 Å². The highest BCUT2D eigenvalue weighted by Gasteiger charge is 2.18. The molecule has 1 unspecified atom stereocenters. The topological polar surface area (TPSA) is 55.8 Å². The Bertz CT molecular complexity index is 528. The summed E-state index contributed by atoms with van der Waals surface area (Å²) in [6, 6.07) is 0.482. The third-order valence-corrected chi connectivity index (χ3v) is 5.80. The number of aromatic nitrogens is 1. The van der Waals surface area contributed by atoms with Gasteiger partial charge in [-0.25, -0.2) is 4.98 Å². The maximum atomic E-state index is 4.78. The minimum atomic E-state index is 0. The standard InChI is InChI=1S/C18H34N6S.HI/c1-5-16-14-21-17(25-16)7-8-20-18(19-6-2)22-13-15(3)24-11-9-23(4)10-12-24;/h14-15H,5-13H2,1-4H3,(H2,19,20,22);1H. The van der Waals surface area contributed by atoms with Crippen LogP contribution in [0.5, 0.6) is 0 Å². The predicted molar refractivity (Wildman–Crippen MR) is 123 cm³/mol. The molecule has 0 spiro atoms. The van der Waals surface area contributed by atoms with Crippen LogP contribution in [-0.4, -0.2) is 79.6 Å². The molecular weight excluding hydrogens is 459 g/mol. The molecule has 1 saturated heterocycles. The monoisotopic (exact) mass is 494 g/mol. The molecule has 0 saturated carbocycles. The summed E-state index contributed by atoms with van der Waals surface area (Å²) in [6.07, 6.45) is 4.01. The van der Waals surface area contributed by atoms with Crippen LogP contribution in [0.25, 0.3) is 0 Å². The first-order valence-corrected chi connectivity index (χ1v) is 10.3. The first kappa shape index (κ1) is 23.6. The van der Waals surface area contributed by atoms with E-state index in [1.54, 1.807) is 0 Å². The van der Waals surface area contributed by atoms with Crippen molar-refractivity contribution in [2.75, 3.05) is 52.9 Å². The molecule has 0 amide bonds. The molecule has 1 atom stereocenters. The van der Waals surface area contributed by atoms with Crippen LogP contribution in [0, 0.1) is 0 Å². The zero-order valence-corrected chi connectivity index (χ0v) is 19.8. The number of thiazole rings is 1. The van der Waals surface area contributed by atoms with E-state index >= 15 is 0 Å². The summed E-state index contributed by atoms with van der Waals surface area (Å²) in [5.74, 6) is 0.913. The molecule has 1 fully saturated rings. The Labute approximate surface area is 179 Å². The van der Waals surface area contributed by atoms with Gasteiger partial charge in [-0.1, -0.05) is 6.92 Å². The van der Waals surface area contributed by atoms with E-state index in [2.05, 4.69) is 53.2 Å². The van der Waals surface area contributed by atoms with E-state index in [-0.39, 0.29) is 24.0 Å². The average Bonchev–Trinajstić information content (AvgIpc) is 3.08. The van der Waals surface area contributed by atoms with Crippen molar-refractivity contribution in [3.05, 3.63) is 16.1 Å². The van der Waals surface area contributed by atoms with E-state index in [0.29, 0.717) is 6.04 Å². The van der Waals surface area contributed by atoms with Gasteiger partial charge < -0.3 is 15.5 Å². The number of aliphatic imine (C=N–C) groups is 1. The van der Waals surface area contributed by atoms with Gasteiger partial charge in [0, 0.05) is 62.8 Å². The molecule has 26 heavy (non-hydrogen) atoms. The number of piperazine rings is 1. The highest BCUT2D eigenvalue weighted by molar-refractivity contribution is 14.0. The summed E-state index contributed by atoms with van der Waals surface area (Å²) in [6.45, 7) is 13.7. The van der Waals surface area contributed by atoms with Gasteiger partial charge >= 0.3 is 0 Å². The van der Waals surface area contributed by atoms with Gasteiger partial charge in [0.15, 0.2) is 5.96 Å². The van der Waals surface area contributed by atoms with Crippen LogP contribution in [-0.2, 0) is 12.8 Å². The maximum absolute atomic E-state index is 4.78. The fourth-order valence-corrected chi connectivity index (χ4v) is 3.72. The first-order valence-electron chi connectivity index (χ1n) is 9.50. The van der Waals surface area contributed by atoms with Crippen LogP contribution in [0.1, 0.15) is 30.7 Å². The van der Waals surface area contributed by atoms with Crippen LogP contribution < -0.4 is 10.6 Å². The van der Waals surface area contributed by atoms with Crippen LogP contribution in [0.3, 0.4) is 0 Å². The van der Waals surface area contributed by atoms with Gasteiger partial charge in [0.25, 0.3) is 0 Å². The van der Waals surface area contributed by atoms with Gasteiger partial charge in [-0.05, 0) is 27.3 Å². The molecule has 150 valence electrons. The van der Waals surface area contributed by atoms with Crippen molar-refractivity contribution in [1.29, 1.82) is 0 Å². The molecule has 6 nitrogen and oxygen atoms in total. The van der Waals surface area contributed by atoms with Gasteiger partial charge in [-0.2, -0.15) is 0 Å². The second kappa shape index (κ2) is 12.9. The summed E-state index contributed by atoms with van der Waals surface area (Å²) in [4.78, 5) is 15.5. The predicted octanol–water partition coefficient (Wildman–Crippen LogP) is 2.06. The Morgan fingerprint density at radius 3 is 2.62 bits per heavy atom. The van der Waals surface area contributed by atoms with Crippen LogP contribution in [0.2, 0.25) is 0 Å². The summed E-state index contributed by atoms with van der Waals surface area (Å²) < 4.78 is 0. The van der Waals surface area contributed by atoms with Crippen molar-refractivity contribution in [3.63, 3.8) is 0 Å². The van der Waals surface area contributed by atoms with Crippen LogP contribution in [0.15, 0.2) is 11.2 Å². The number of rotatable bonds is 8. The lowest BCUT2D eigenvalue weighted by Crippen LogP contribution is -2.49. The van der Waals surface area contributed by atoms with Gasteiger partial charge in [-0.3, -0.25) is 9.89 Å². The molecule has 1 aromatic rings. The van der Waals surface area contributed by atoms with Crippen molar-refractivity contribution in [2.24, 2.45) is 4.99 Å². The fourth-order valence-electron chi connectivity index (χ4n) is 2.86. The SMILES string of the molecule is CCNC(=NCC(C)N1CCN(C)CC1)NCCc1ncc(CC)s1.I. The van der Waals surface area contributed by atoms with Crippen molar-refractivity contribution in [2.45, 2.75) is 39.7 Å². The highest BCUT2D eigenvalue weighted by Crippen LogP contribution is 2.13. The molecule has 1 aliphatic heterocycles. The number of halogens is 1. The maximum Gasteiger partial charge on any atom is 0.191 e. The molecule has 1 aromatic heterocycles. The zero-order valence-electron chi connectivity index (χ0n) is 16.6. The Morgan fingerprint density at radius 1 is 1.27 bits per heavy atom. The third kappa shape index (κ3) is 8.06. The molecule has 0 bridgehead atoms. The lowest BCUT2D eigenvalue weighted by atomic mass is 10.2. The Kier molecular flexibility index (Phi) is 11.7. The highest BCUT2D eigenvalue weighted by atomic mass is 127. The fraction of sp³-hybridized carbons (Fsp3) is 0.778. The van der Waals surface area contributed by atoms with E-state index in [0.717, 1.165) is 64.6 Å². The molecule has 2 rings (SSSR count). The number of nitrogens with one attached hydrogen (secondary N) is 2. The number of nitrogens with zero attached hydrogens (tertiary/aromatic N) is 4. The Morgan fingerprint density at radius 2 is 2.00 bits per heavy atom. The van der Waals surface area contributed by atoms with Crippen LogP contribution in [0.4, 0.5) is 0 Å². The summed E-state index contributed by atoms with van der Waals surface area (Å²) >= 11 is 1.81. The molecule has 2 heterocycles. The normalized spacial score (nSPS) is 17.6. The zero-order chi connectivity index (χ0) is 18.1. The largest absolute Gasteiger partial charge is 0.357 e. The summed E-state index contributed by atoms with van der Waals surface area (Å²) in [7, 11) is 2.19. The number of hydrogen-bond acceptors (Lipinski definition) is 5. The summed E-state index contributed by atoms with van der Waals surface area (Å²) in [5.41, 5.74) is 0. The smallest absolute Gasteiger partial charge is 0.191 e. The Hall–Kier alpha value is -0.450. The number of guanidine groups is 1. The molecular formula is C18H35IN6S. The van der Waals surface area contributed by atoms with Crippen molar-refractivity contribution in [1.82, 2.24) is 25.4 Å². The number of likely N-dealkylation sites (N-methyl/N-ethyl adjacent to an activating group) is 1. The minimum absolute atomic E-state index is 0. The lowest BCUT2D eigenvalue weighted by Gasteiger charge is -2.35. The first-order chi connectivity index (χ1) is 12.1. The molecule has 0 aliphatic carbocycles. The molecule has 0 aromatic carbocycles. The minimum Gasteiger partial charge on any atom is -0.357 e. The molecule has 2 N–H and O–H groups in total.